The van der Waals surface area contributed by atoms with Crippen molar-refractivity contribution < 1.29 is 46.9 Å². The Morgan fingerprint density at radius 2 is 1.72 bits per heavy atom. The molecule has 17 heteroatoms. The van der Waals surface area contributed by atoms with Crippen molar-refractivity contribution >= 4 is 37.0 Å². The van der Waals surface area contributed by atoms with Gasteiger partial charge >= 0.3 is 25.7 Å². The van der Waals surface area contributed by atoms with Crippen molar-refractivity contribution in [3.05, 3.63) is 54.5 Å². The molecule has 3 aromatic rings. The monoisotopic (exact) mass is 672 g/mol. The lowest BCUT2D eigenvalue weighted by Crippen LogP contribution is -2.50. The molecule has 1 aromatic carbocycles. The fourth-order valence-electron chi connectivity index (χ4n) is 4.62. The van der Waals surface area contributed by atoms with Gasteiger partial charge in [-0.05, 0) is 31.2 Å². The number of benzene rings is 1. The van der Waals surface area contributed by atoms with Gasteiger partial charge in [-0.1, -0.05) is 45.9 Å². The molecule has 47 heavy (non-hydrogen) atoms. The summed E-state index contributed by atoms with van der Waals surface area (Å²) in [6.07, 6.45) is -3.10. The van der Waals surface area contributed by atoms with E-state index in [2.05, 4.69) is 15.2 Å². The number of rotatable bonds is 13. The van der Waals surface area contributed by atoms with Gasteiger partial charge in [0.05, 0.1) is 24.6 Å². The number of hydrogen-bond donors (Lipinski definition) is 2. The van der Waals surface area contributed by atoms with Crippen molar-refractivity contribution in [3.8, 4) is 11.8 Å². The van der Waals surface area contributed by atoms with E-state index in [4.69, 9.17) is 33.7 Å². The molecule has 3 heterocycles. The van der Waals surface area contributed by atoms with Crippen LogP contribution in [0.25, 0.3) is 5.52 Å². The summed E-state index contributed by atoms with van der Waals surface area (Å²) in [6.45, 7) is 6.89. The van der Waals surface area contributed by atoms with Crippen LogP contribution >= 0.6 is 7.75 Å². The van der Waals surface area contributed by atoms with Crippen LogP contribution in [0.5, 0.6) is 5.75 Å². The van der Waals surface area contributed by atoms with E-state index in [-0.39, 0.29) is 17.3 Å². The molecule has 0 radical (unpaired) electrons. The van der Waals surface area contributed by atoms with Crippen LogP contribution < -0.4 is 15.3 Å². The maximum atomic E-state index is 14.2. The number of nitriles is 1. The maximum Gasteiger partial charge on any atom is 0.459 e. The highest BCUT2D eigenvalue weighted by Crippen LogP contribution is 2.50. The van der Waals surface area contributed by atoms with E-state index < -0.39 is 74.1 Å². The number of hydrogen-bond acceptors (Lipinski definition) is 14. The summed E-state index contributed by atoms with van der Waals surface area (Å²) in [6, 6.07) is 12.0. The summed E-state index contributed by atoms with van der Waals surface area (Å²) in [5, 5.41) is 17.4. The number of carbonyl (C=O) groups is 3. The lowest BCUT2D eigenvalue weighted by atomic mass is 9.95. The number of nitrogen functional groups attached to an aromatic ring is 1. The number of para-hydroxylation sites is 1. The lowest BCUT2D eigenvalue weighted by molar-refractivity contribution is -0.173. The highest BCUT2D eigenvalue weighted by molar-refractivity contribution is 7.52. The van der Waals surface area contributed by atoms with Crippen LogP contribution in [-0.4, -0.2) is 70.1 Å². The van der Waals surface area contributed by atoms with E-state index in [9.17, 15) is 24.2 Å². The standard InChI is InChI=1S/C30H37N6O10P/c1-17(2)27(37)43-24-23(21-12-13-22-26(32)33-16-34-36(21)22)45-30(14-31,25(24)44-28(38)18(3)4)15-42-47(40,35-19(5)29(39)41-6)46-20-10-8-7-9-11-20/h7-13,16-19,23-25H,15H2,1-6H3,(H,35,40)(H2,32,33,34)/t19-,23-,24-,25-,30+,47?/m0/s1. The molecule has 0 saturated carbocycles. The molecule has 0 bridgehead atoms. The summed E-state index contributed by atoms with van der Waals surface area (Å²) in [7, 11) is -3.36. The summed E-state index contributed by atoms with van der Waals surface area (Å²) in [4.78, 5) is 42.3. The second-order valence-electron chi connectivity index (χ2n) is 11.4. The summed E-state index contributed by atoms with van der Waals surface area (Å²) in [5.74, 6) is -3.21. The van der Waals surface area contributed by atoms with Gasteiger partial charge < -0.3 is 29.2 Å². The van der Waals surface area contributed by atoms with Gasteiger partial charge in [0, 0.05) is 0 Å². The molecular formula is C30H37N6O10P. The van der Waals surface area contributed by atoms with Gasteiger partial charge in [-0.25, -0.2) is 14.1 Å². The number of ether oxygens (including phenoxy) is 4. The van der Waals surface area contributed by atoms with Crippen LogP contribution in [0.2, 0.25) is 0 Å². The van der Waals surface area contributed by atoms with E-state index in [1.165, 1.54) is 29.9 Å². The van der Waals surface area contributed by atoms with Gasteiger partial charge in [-0.15, -0.1) is 0 Å². The first-order chi connectivity index (χ1) is 22.2. The van der Waals surface area contributed by atoms with E-state index in [0.29, 0.717) is 5.52 Å². The minimum absolute atomic E-state index is 0.111. The first-order valence-corrected chi connectivity index (χ1v) is 16.2. The predicted molar refractivity (Wildman–Crippen MR) is 164 cm³/mol. The van der Waals surface area contributed by atoms with Crippen LogP contribution in [0.1, 0.15) is 46.4 Å². The average molecular weight is 673 g/mol. The van der Waals surface area contributed by atoms with Gasteiger partial charge in [0.1, 0.15) is 42.4 Å². The molecule has 0 aliphatic carbocycles. The number of aromatic nitrogens is 3. The number of methoxy groups -OCH3 is 1. The highest BCUT2D eigenvalue weighted by Gasteiger charge is 2.62. The van der Waals surface area contributed by atoms with Gasteiger partial charge in [-0.3, -0.25) is 18.9 Å². The van der Waals surface area contributed by atoms with Gasteiger partial charge in [0.25, 0.3) is 0 Å². The van der Waals surface area contributed by atoms with Crippen LogP contribution in [0, 0.1) is 23.2 Å². The molecule has 1 fully saturated rings. The normalized spacial score (nSPS) is 22.7. The Bertz CT molecular complexity index is 1690. The Labute approximate surface area is 271 Å². The van der Waals surface area contributed by atoms with Crippen molar-refractivity contribution in [3.63, 3.8) is 0 Å². The molecule has 252 valence electrons. The smallest absolute Gasteiger partial charge is 0.459 e. The number of fused-ring (bicyclic) bond motifs is 1. The first-order valence-electron chi connectivity index (χ1n) is 14.7. The Morgan fingerprint density at radius 3 is 2.34 bits per heavy atom. The fraction of sp³-hybridized carbons (Fsp3) is 0.467. The average Bonchev–Trinajstić information content (AvgIpc) is 3.60. The molecule has 3 N–H and O–H groups in total. The zero-order valence-electron chi connectivity index (χ0n) is 26.7. The first kappa shape index (κ1) is 35.3. The maximum absolute atomic E-state index is 14.2. The number of nitrogens with one attached hydrogen (secondary N) is 1. The Hall–Kier alpha value is -4.55. The van der Waals surface area contributed by atoms with E-state index in [1.54, 1.807) is 58.0 Å². The van der Waals surface area contributed by atoms with Gasteiger partial charge in [0.2, 0.25) is 5.60 Å². The SMILES string of the molecule is COC(=O)[C@H](C)NP(=O)(OC[C@@]1(C#N)O[C@@H](c2ccc3c(N)ncnn23)[C@H](OC(=O)C(C)C)[C@@H]1OC(=O)C(C)C)Oc1ccccc1. The molecule has 0 spiro atoms. The topological polar surface area (TPSA) is 216 Å². The third-order valence-corrected chi connectivity index (χ3v) is 8.77. The number of carbonyl (C=O) groups excluding carboxylic acids is 3. The lowest BCUT2D eigenvalue weighted by Gasteiger charge is -2.31. The van der Waals surface area contributed by atoms with Crippen molar-refractivity contribution in [1.82, 2.24) is 19.7 Å². The zero-order valence-corrected chi connectivity index (χ0v) is 27.6. The Morgan fingerprint density at radius 1 is 1.06 bits per heavy atom. The summed E-state index contributed by atoms with van der Waals surface area (Å²) in [5.41, 5.74) is 4.46. The molecule has 2 aromatic heterocycles. The minimum atomic E-state index is -4.51. The molecule has 1 saturated heterocycles. The fourth-order valence-corrected chi connectivity index (χ4v) is 6.14. The number of esters is 3. The molecule has 1 aliphatic rings. The Balaban J connectivity index is 1.81. The van der Waals surface area contributed by atoms with Crippen LogP contribution in [0.15, 0.2) is 48.8 Å². The molecular weight excluding hydrogens is 635 g/mol. The predicted octanol–water partition coefficient (Wildman–Crippen LogP) is 3.14. The van der Waals surface area contributed by atoms with Crippen LogP contribution in [-0.2, 0) is 42.4 Å². The Kier molecular flexibility index (Phi) is 10.9. The van der Waals surface area contributed by atoms with Crippen molar-refractivity contribution in [1.29, 1.82) is 5.26 Å². The molecule has 0 amide bonds. The van der Waals surface area contributed by atoms with Crippen molar-refractivity contribution in [2.75, 3.05) is 19.5 Å². The summed E-state index contributed by atoms with van der Waals surface area (Å²) < 4.78 is 49.8. The largest absolute Gasteiger partial charge is 0.468 e. The van der Waals surface area contributed by atoms with E-state index in [1.807, 2.05) is 6.07 Å². The van der Waals surface area contributed by atoms with E-state index >= 15 is 0 Å². The second kappa shape index (κ2) is 14.5. The third-order valence-electron chi connectivity index (χ3n) is 7.15. The van der Waals surface area contributed by atoms with Crippen LogP contribution in [0.3, 0.4) is 0 Å². The third kappa shape index (κ3) is 7.71. The zero-order chi connectivity index (χ0) is 34.5. The van der Waals surface area contributed by atoms with Crippen molar-refractivity contribution in [2.24, 2.45) is 11.8 Å². The quantitative estimate of drug-likeness (QED) is 0.151. The second-order valence-corrected chi connectivity index (χ2v) is 13.1. The van der Waals surface area contributed by atoms with Gasteiger partial charge in [0.15, 0.2) is 18.0 Å². The molecule has 16 nitrogen and oxygen atoms in total. The molecule has 6 atom stereocenters. The van der Waals surface area contributed by atoms with Gasteiger partial charge in [-0.2, -0.15) is 15.4 Å². The molecule has 1 unspecified atom stereocenters. The molecule has 1 aliphatic heterocycles. The highest BCUT2D eigenvalue weighted by atomic mass is 31.2. The summed E-state index contributed by atoms with van der Waals surface area (Å²) >= 11 is 0. The van der Waals surface area contributed by atoms with E-state index in [0.717, 1.165) is 7.11 Å². The number of nitrogens with two attached hydrogens (primary N) is 1. The molecule has 4 rings (SSSR count). The number of nitrogens with zero attached hydrogens (tertiary/aromatic N) is 4. The van der Waals surface area contributed by atoms with Crippen LogP contribution in [0.4, 0.5) is 5.82 Å². The minimum Gasteiger partial charge on any atom is -0.468 e. The van der Waals surface area contributed by atoms with Crippen molar-refractivity contribution in [2.45, 2.75) is 64.6 Å². The number of anilines is 1.